The number of nitrogens with one attached hydrogen (secondary N) is 2. The van der Waals surface area contributed by atoms with Crippen molar-refractivity contribution in [2.75, 3.05) is 18.4 Å². The molecule has 1 aromatic heterocycles. The number of hydrogen-bond acceptors (Lipinski definition) is 4. The molecule has 0 bridgehead atoms. The zero-order chi connectivity index (χ0) is 26.2. The minimum absolute atomic E-state index is 0.250. The predicted molar refractivity (Wildman–Crippen MR) is 138 cm³/mol. The van der Waals surface area contributed by atoms with Crippen LogP contribution in [-0.4, -0.2) is 51.5 Å². The van der Waals surface area contributed by atoms with Crippen LogP contribution < -0.4 is 10.6 Å². The summed E-state index contributed by atoms with van der Waals surface area (Å²) in [6.07, 6.45) is 2.26. The van der Waals surface area contributed by atoms with Crippen LogP contribution in [0.2, 0.25) is 0 Å². The van der Waals surface area contributed by atoms with E-state index in [-0.39, 0.29) is 18.3 Å². The summed E-state index contributed by atoms with van der Waals surface area (Å²) in [5.41, 5.74) is 2.97. The van der Waals surface area contributed by atoms with Gasteiger partial charge in [-0.3, -0.25) is 5.32 Å². The van der Waals surface area contributed by atoms with Crippen LogP contribution in [0.5, 0.6) is 0 Å². The third kappa shape index (κ3) is 5.45. The van der Waals surface area contributed by atoms with Crippen LogP contribution in [0.25, 0.3) is 5.69 Å². The molecule has 1 fully saturated rings. The number of benzene rings is 2. The highest BCUT2D eigenvalue weighted by Gasteiger charge is 2.39. The van der Waals surface area contributed by atoms with E-state index in [1.165, 1.54) is 12.1 Å². The SMILES string of the molecule is CC(C)(C)OC(=O)N1CC(NC(=O)Nc2c3c(nn2-c2ccccc2)CCC3)C(c2cccc(F)c2)C1. The average Bonchev–Trinajstić information content (AvgIpc) is 3.55. The fourth-order valence-corrected chi connectivity index (χ4v) is 5.09. The molecule has 8 nitrogen and oxygen atoms in total. The van der Waals surface area contributed by atoms with E-state index >= 15 is 0 Å². The number of fused-ring (bicyclic) bond motifs is 1. The third-order valence-electron chi connectivity index (χ3n) is 6.70. The largest absolute Gasteiger partial charge is 0.444 e. The normalized spacial score (nSPS) is 19.0. The number of halogens is 1. The van der Waals surface area contributed by atoms with E-state index in [1.54, 1.807) is 15.6 Å². The first-order valence-electron chi connectivity index (χ1n) is 12.6. The number of carbonyl (C=O) groups excluding carboxylic acids is 2. The Balaban J connectivity index is 1.38. The molecule has 2 aliphatic rings. The first-order chi connectivity index (χ1) is 17.7. The fraction of sp³-hybridized carbons (Fsp3) is 0.393. The van der Waals surface area contributed by atoms with Gasteiger partial charge in [0.05, 0.1) is 17.4 Å². The van der Waals surface area contributed by atoms with Crippen LogP contribution in [0.15, 0.2) is 54.6 Å². The zero-order valence-electron chi connectivity index (χ0n) is 21.3. The number of nitrogens with zero attached hydrogens (tertiary/aromatic N) is 3. The molecule has 0 spiro atoms. The van der Waals surface area contributed by atoms with Gasteiger partial charge in [-0.15, -0.1) is 0 Å². The van der Waals surface area contributed by atoms with Crippen molar-refractivity contribution in [3.63, 3.8) is 0 Å². The van der Waals surface area contributed by atoms with Gasteiger partial charge in [0.1, 0.15) is 17.2 Å². The highest BCUT2D eigenvalue weighted by molar-refractivity contribution is 5.90. The number of likely N-dealkylation sites (tertiary alicyclic amines) is 1. The van der Waals surface area contributed by atoms with Crippen molar-refractivity contribution in [2.24, 2.45) is 0 Å². The first-order valence-corrected chi connectivity index (χ1v) is 12.6. The van der Waals surface area contributed by atoms with E-state index in [0.29, 0.717) is 17.9 Å². The third-order valence-corrected chi connectivity index (χ3v) is 6.70. The summed E-state index contributed by atoms with van der Waals surface area (Å²) in [5, 5.41) is 10.8. The first kappa shape index (κ1) is 24.8. The van der Waals surface area contributed by atoms with E-state index < -0.39 is 23.8 Å². The van der Waals surface area contributed by atoms with Crippen LogP contribution >= 0.6 is 0 Å². The molecule has 2 heterocycles. The number of urea groups is 1. The molecule has 0 saturated carbocycles. The number of amides is 3. The maximum Gasteiger partial charge on any atom is 0.410 e. The van der Waals surface area contributed by atoms with E-state index in [2.05, 4.69) is 10.6 Å². The van der Waals surface area contributed by atoms with Crippen molar-refractivity contribution in [3.05, 3.63) is 77.2 Å². The second kappa shape index (κ2) is 9.88. The summed E-state index contributed by atoms with van der Waals surface area (Å²) in [5.74, 6) is -0.00189. The van der Waals surface area contributed by atoms with E-state index in [0.717, 1.165) is 36.2 Å². The topological polar surface area (TPSA) is 88.5 Å². The fourth-order valence-electron chi connectivity index (χ4n) is 5.09. The van der Waals surface area contributed by atoms with Crippen molar-refractivity contribution in [3.8, 4) is 5.69 Å². The van der Waals surface area contributed by atoms with Gasteiger partial charge in [-0.1, -0.05) is 30.3 Å². The number of aryl methyl sites for hydroxylation is 1. The maximum absolute atomic E-state index is 14.1. The van der Waals surface area contributed by atoms with Gasteiger partial charge in [0.25, 0.3) is 0 Å². The summed E-state index contributed by atoms with van der Waals surface area (Å²) in [6.45, 7) is 5.98. The lowest BCUT2D eigenvalue weighted by Gasteiger charge is -2.24. The standard InChI is InChI=1S/C28H32FN5O3/c1-28(2,3)37-27(36)33-16-22(18-9-7-10-19(29)15-18)24(17-33)30-26(35)31-25-21-13-8-14-23(21)32-34(25)20-11-5-4-6-12-20/h4-7,9-12,15,22,24H,8,13-14,16-17H2,1-3H3,(H2,30,31,35). The number of rotatable bonds is 4. The smallest absolute Gasteiger partial charge is 0.410 e. The molecular formula is C28H32FN5O3. The number of para-hydroxylation sites is 1. The van der Waals surface area contributed by atoms with Crippen molar-refractivity contribution < 1.29 is 18.7 Å². The van der Waals surface area contributed by atoms with Crippen molar-refractivity contribution >= 4 is 17.9 Å². The molecule has 0 radical (unpaired) electrons. The van der Waals surface area contributed by atoms with Crippen molar-refractivity contribution in [1.29, 1.82) is 0 Å². The second-order valence-corrected chi connectivity index (χ2v) is 10.6. The van der Waals surface area contributed by atoms with Crippen molar-refractivity contribution in [2.45, 2.75) is 57.6 Å². The van der Waals surface area contributed by atoms with Crippen LogP contribution in [-0.2, 0) is 17.6 Å². The average molecular weight is 506 g/mol. The summed E-state index contributed by atoms with van der Waals surface area (Å²) in [4.78, 5) is 27.7. The number of ether oxygens (including phenoxy) is 1. The Bertz CT molecular complexity index is 1300. The molecule has 37 heavy (non-hydrogen) atoms. The number of aromatic nitrogens is 2. The van der Waals surface area contributed by atoms with E-state index in [9.17, 15) is 14.0 Å². The van der Waals surface area contributed by atoms with E-state index in [1.807, 2.05) is 57.2 Å². The molecule has 2 aromatic carbocycles. The van der Waals surface area contributed by atoms with Gasteiger partial charge in [0.2, 0.25) is 0 Å². The molecule has 2 atom stereocenters. The summed E-state index contributed by atoms with van der Waals surface area (Å²) < 4.78 is 21.4. The van der Waals surface area contributed by atoms with Crippen molar-refractivity contribution in [1.82, 2.24) is 20.0 Å². The van der Waals surface area contributed by atoms with Crippen LogP contribution in [0, 0.1) is 5.82 Å². The molecule has 194 valence electrons. The number of anilines is 1. The predicted octanol–water partition coefficient (Wildman–Crippen LogP) is 5.02. The Morgan fingerprint density at radius 1 is 1.05 bits per heavy atom. The van der Waals surface area contributed by atoms with Gasteiger partial charge in [-0.2, -0.15) is 5.10 Å². The Morgan fingerprint density at radius 3 is 2.57 bits per heavy atom. The molecule has 2 unspecified atom stereocenters. The molecule has 5 rings (SSSR count). The highest BCUT2D eigenvalue weighted by atomic mass is 19.1. The van der Waals surface area contributed by atoms with Crippen LogP contribution in [0.3, 0.4) is 0 Å². The Hall–Kier alpha value is -3.88. The minimum Gasteiger partial charge on any atom is -0.444 e. The van der Waals surface area contributed by atoms with Gasteiger partial charge < -0.3 is 15.0 Å². The lowest BCUT2D eigenvalue weighted by atomic mass is 9.94. The Morgan fingerprint density at radius 2 is 1.84 bits per heavy atom. The molecule has 1 aliphatic heterocycles. The molecule has 3 amide bonds. The minimum atomic E-state index is -0.648. The maximum atomic E-state index is 14.1. The van der Waals surface area contributed by atoms with E-state index in [4.69, 9.17) is 9.84 Å². The highest BCUT2D eigenvalue weighted by Crippen LogP contribution is 2.32. The molecule has 1 aliphatic carbocycles. The zero-order valence-corrected chi connectivity index (χ0v) is 21.3. The van der Waals surface area contributed by atoms with Gasteiger partial charge in [0.15, 0.2) is 0 Å². The molecule has 9 heteroatoms. The quantitative estimate of drug-likeness (QED) is 0.521. The summed E-state index contributed by atoms with van der Waals surface area (Å²) in [6, 6.07) is 15.1. The van der Waals surface area contributed by atoms with Gasteiger partial charge >= 0.3 is 12.1 Å². The van der Waals surface area contributed by atoms with Crippen LogP contribution in [0.1, 0.15) is 49.9 Å². The van der Waals surface area contributed by atoms with Crippen LogP contribution in [0.4, 0.5) is 19.8 Å². The molecule has 3 aromatic rings. The Labute approximate surface area is 215 Å². The number of carbonyl (C=O) groups is 2. The summed E-state index contributed by atoms with van der Waals surface area (Å²) >= 11 is 0. The van der Waals surface area contributed by atoms with Gasteiger partial charge in [-0.05, 0) is 69.9 Å². The molecular weight excluding hydrogens is 473 g/mol. The van der Waals surface area contributed by atoms with Gasteiger partial charge in [0, 0.05) is 24.6 Å². The lowest BCUT2D eigenvalue weighted by Crippen LogP contribution is -2.43. The monoisotopic (exact) mass is 505 g/mol. The molecule has 2 N–H and O–H groups in total. The summed E-state index contributed by atoms with van der Waals surface area (Å²) in [7, 11) is 0. The number of hydrogen-bond donors (Lipinski definition) is 2. The second-order valence-electron chi connectivity index (χ2n) is 10.6. The molecule has 1 saturated heterocycles. The Kier molecular flexibility index (Phi) is 6.62. The lowest BCUT2D eigenvalue weighted by molar-refractivity contribution is 0.0289. The van der Waals surface area contributed by atoms with Gasteiger partial charge in [-0.25, -0.2) is 18.7 Å².